The predicted octanol–water partition coefficient (Wildman–Crippen LogP) is -0.233. The molecule has 1 rings (SSSR count). The van der Waals surface area contributed by atoms with Gasteiger partial charge in [-0.2, -0.15) is 0 Å². The van der Waals surface area contributed by atoms with E-state index < -0.39 is 0 Å². The molecule has 16 heavy (non-hydrogen) atoms. The summed E-state index contributed by atoms with van der Waals surface area (Å²) >= 11 is 0. The number of nitrogens with one attached hydrogen (secondary N) is 1. The van der Waals surface area contributed by atoms with Gasteiger partial charge in [-0.3, -0.25) is 16.1 Å². The van der Waals surface area contributed by atoms with Crippen LogP contribution in [0.25, 0.3) is 0 Å². The lowest BCUT2D eigenvalue weighted by Gasteiger charge is -2.30. The van der Waals surface area contributed by atoms with Gasteiger partial charge >= 0.3 is 0 Å². The topological polar surface area (TPSA) is 67.6 Å². The number of piperidine rings is 1. The number of nitrogens with two attached hydrogens (primary N) is 1. The fraction of sp³-hybridized carbons (Fsp3) is 0.909. The van der Waals surface area contributed by atoms with Crippen molar-refractivity contribution in [3.8, 4) is 0 Å². The third kappa shape index (κ3) is 5.03. The molecule has 0 aromatic heterocycles. The standard InChI is InChI=1S/C11H23N3O2/c1-10(15)11-2-5-14(6-3-11)7-9-16-8-4-13-12/h11,13H,2-9,12H2,1H3. The molecule has 0 aromatic carbocycles. The number of hydrogen-bond acceptors (Lipinski definition) is 5. The van der Waals surface area contributed by atoms with Gasteiger partial charge in [-0.1, -0.05) is 0 Å². The van der Waals surface area contributed by atoms with Crippen LogP contribution < -0.4 is 11.3 Å². The highest BCUT2D eigenvalue weighted by Gasteiger charge is 2.21. The zero-order valence-corrected chi connectivity index (χ0v) is 10.1. The summed E-state index contributed by atoms with van der Waals surface area (Å²) in [5.74, 6) is 5.75. The maximum atomic E-state index is 11.2. The number of hydrogen-bond donors (Lipinski definition) is 2. The third-order valence-electron chi connectivity index (χ3n) is 3.11. The Morgan fingerprint density at radius 1 is 1.44 bits per heavy atom. The number of nitrogens with zero attached hydrogens (tertiary/aromatic N) is 1. The Balaban J connectivity index is 2.02. The molecule has 0 aromatic rings. The van der Waals surface area contributed by atoms with E-state index in [9.17, 15) is 4.79 Å². The van der Waals surface area contributed by atoms with Gasteiger partial charge in [0.1, 0.15) is 5.78 Å². The SMILES string of the molecule is CC(=O)C1CCN(CCOCCNN)CC1. The van der Waals surface area contributed by atoms with Gasteiger partial charge in [0.05, 0.1) is 13.2 Å². The lowest BCUT2D eigenvalue weighted by Crippen LogP contribution is -2.38. The highest BCUT2D eigenvalue weighted by Crippen LogP contribution is 2.17. The van der Waals surface area contributed by atoms with E-state index >= 15 is 0 Å². The monoisotopic (exact) mass is 229 g/mol. The number of ether oxygens (including phenoxy) is 1. The molecule has 3 N–H and O–H groups in total. The molecule has 0 radical (unpaired) electrons. The van der Waals surface area contributed by atoms with E-state index in [4.69, 9.17) is 10.6 Å². The minimum Gasteiger partial charge on any atom is -0.379 e. The summed E-state index contributed by atoms with van der Waals surface area (Å²) in [5.41, 5.74) is 2.55. The summed E-state index contributed by atoms with van der Waals surface area (Å²) in [6.07, 6.45) is 2.00. The highest BCUT2D eigenvalue weighted by molar-refractivity contribution is 5.78. The Morgan fingerprint density at radius 3 is 2.69 bits per heavy atom. The van der Waals surface area contributed by atoms with Crippen LogP contribution in [0, 0.1) is 5.92 Å². The maximum absolute atomic E-state index is 11.2. The lowest BCUT2D eigenvalue weighted by atomic mass is 9.93. The van der Waals surface area contributed by atoms with Crippen molar-refractivity contribution in [2.75, 3.05) is 39.4 Å². The molecule has 1 saturated heterocycles. The second-order valence-electron chi connectivity index (χ2n) is 4.29. The largest absolute Gasteiger partial charge is 0.379 e. The number of hydrazine groups is 1. The van der Waals surface area contributed by atoms with Crippen molar-refractivity contribution < 1.29 is 9.53 Å². The first-order valence-corrected chi connectivity index (χ1v) is 5.98. The molecular formula is C11H23N3O2. The summed E-state index contributed by atoms with van der Waals surface area (Å²) in [4.78, 5) is 13.5. The van der Waals surface area contributed by atoms with Crippen molar-refractivity contribution in [2.45, 2.75) is 19.8 Å². The van der Waals surface area contributed by atoms with Crippen LogP contribution in [0.1, 0.15) is 19.8 Å². The zero-order valence-electron chi connectivity index (χ0n) is 10.1. The van der Waals surface area contributed by atoms with Crippen molar-refractivity contribution in [2.24, 2.45) is 11.8 Å². The van der Waals surface area contributed by atoms with Crippen molar-refractivity contribution in [3.63, 3.8) is 0 Å². The highest BCUT2D eigenvalue weighted by atomic mass is 16.5. The first kappa shape index (κ1) is 13.6. The van der Waals surface area contributed by atoms with E-state index in [1.165, 1.54) is 0 Å². The van der Waals surface area contributed by atoms with Gasteiger partial charge in [-0.25, -0.2) is 0 Å². The van der Waals surface area contributed by atoms with Crippen LogP contribution in [0.4, 0.5) is 0 Å². The van der Waals surface area contributed by atoms with Crippen LogP contribution >= 0.6 is 0 Å². The van der Waals surface area contributed by atoms with E-state index in [0.717, 1.165) is 39.1 Å². The first-order chi connectivity index (χ1) is 7.74. The summed E-state index contributed by atoms with van der Waals surface area (Å²) in [5, 5.41) is 0. The smallest absolute Gasteiger partial charge is 0.133 e. The lowest BCUT2D eigenvalue weighted by molar-refractivity contribution is -0.122. The van der Waals surface area contributed by atoms with Gasteiger partial charge < -0.3 is 9.64 Å². The van der Waals surface area contributed by atoms with E-state index in [0.29, 0.717) is 24.9 Å². The van der Waals surface area contributed by atoms with Crippen molar-refractivity contribution in [3.05, 3.63) is 0 Å². The molecule has 1 fully saturated rings. The normalized spacial score (nSPS) is 18.9. The number of carbonyl (C=O) groups excluding carboxylic acids is 1. The molecule has 0 unspecified atom stereocenters. The molecule has 0 bridgehead atoms. The third-order valence-corrected chi connectivity index (χ3v) is 3.11. The van der Waals surface area contributed by atoms with Gasteiger partial charge in [0.2, 0.25) is 0 Å². The fourth-order valence-electron chi connectivity index (χ4n) is 1.99. The van der Waals surface area contributed by atoms with Gasteiger partial charge in [-0.05, 0) is 32.9 Å². The molecule has 1 heterocycles. The molecule has 0 amide bonds. The van der Waals surface area contributed by atoms with Gasteiger partial charge in [0.25, 0.3) is 0 Å². The average Bonchev–Trinajstić information content (AvgIpc) is 2.29. The molecular weight excluding hydrogens is 206 g/mol. The summed E-state index contributed by atoms with van der Waals surface area (Å²) in [6.45, 7) is 6.77. The number of ketones is 1. The Morgan fingerprint density at radius 2 is 2.12 bits per heavy atom. The van der Waals surface area contributed by atoms with Gasteiger partial charge in [-0.15, -0.1) is 0 Å². The predicted molar refractivity (Wildman–Crippen MR) is 62.9 cm³/mol. The summed E-state index contributed by atoms with van der Waals surface area (Å²) < 4.78 is 5.40. The molecule has 94 valence electrons. The molecule has 0 spiro atoms. The van der Waals surface area contributed by atoms with E-state index in [1.807, 2.05) is 0 Å². The maximum Gasteiger partial charge on any atom is 0.133 e. The average molecular weight is 229 g/mol. The summed E-state index contributed by atoms with van der Waals surface area (Å²) in [6, 6.07) is 0. The van der Waals surface area contributed by atoms with Crippen LogP contribution in [0.2, 0.25) is 0 Å². The van der Waals surface area contributed by atoms with Crippen molar-refractivity contribution >= 4 is 5.78 Å². The Labute approximate surface area is 97.3 Å². The van der Waals surface area contributed by atoms with E-state index in [-0.39, 0.29) is 0 Å². The van der Waals surface area contributed by atoms with Crippen molar-refractivity contribution in [1.29, 1.82) is 0 Å². The van der Waals surface area contributed by atoms with Crippen LogP contribution in [-0.2, 0) is 9.53 Å². The van der Waals surface area contributed by atoms with E-state index in [2.05, 4.69) is 10.3 Å². The molecule has 0 atom stereocenters. The van der Waals surface area contributed by atoms with Crippen molar-refractivity contribution in [1.82, 2.24) is 10.3 Å². The second-order valence-corrected chi connectivity index (χ2v) is 4.29. The molecule has 0 aliphatic carbocycles. The first-order valence-electron chi connectivity index (χ1n) is 5.98. The van der Waals surface area contributed by atoms with Crippen LogP contribution in [-0.4, -0.2) is 50.1 Å². The Bertz CT molecular complexity index is 203. The van der Waals surface area contributed by atoms with Crippen LogP contribution in [0.5, 0.6) is 0 Å². The molecule has 0 saturated carbocycles. The molecule has 5 nitrogen and oxygen atoms in total. The van der Waals surface area contributed by atoms with Crippen LogP contribution in [0.3, 0.4) is 0 Å². The number of rotatable bonds is 7. The quantitative estimate of drug-likeness (QED) is 0.358. The van der Waals surface area contributed by atoms with Crippen LogP contribution in [0.15, 0.2) is 0 Å². The van der Waals surface area contributed by atoms with Gasteiger partial charge in [0, 0.05) is 19.0 Å². The number of likely N-dealkylation sites (tertiary alicyclic amines) is 1. The molecule has 5 heteroatoms. The molecule has 1 aliphatic rings. The van der Waals surface area contributed by atoms with Gasteiger partial charge in [0.15, 0.2) is 0 Å². The summed E-state index contributed by atoms with van der Waals surface area (Å²) in [7, 11) is 0. The Kier molecular flexibility index (Phi) is 6.56. The van der Waals surface area contributed by atoms with E-state index in [1.54, 1.807) is 6.92 Å². The number of carbonyl (C=O) groups is 1. The fourth-order valence-corrected chi connectivity index (χ4v) is 1.99. The molecule has 1 aliphatic heterocycles. The zero-order chi connectivity index (χ0) is 11.8. The Hall–Kier alpha value is -0.490. The number of Topliss-reactive ketones (excluding diaryl/α,β-unsaturated/α-hetero) is 1. The second kappa shape index (κ2) is 7.73. The minimum atomic E-state index is 0.290. The minimum absolute atomic E-state index is 0.290.